The van der Waals surface area contributed by atoms with Crippen LogP contribution >= 0.6 is 0 Å². The van der Waals surface area contributed by atoms with Gasteiger partial charge in [-0.05, 0) is 52.0 Å². The molecule has 2 saturated heterocycles. The van der Waals surface area contributed by atoms with Gasteiger partial charge in [0.15, 0.2) is 12.1 Å². The minimum absolute atomic E-state index is 0.0235. The van der Waals surface area contributed by atoms with E-state index in [1.54, 1.807) is 38.1 Å². The third kappa shape index (κ3) is 5.29. The molecule has 0 saturated carbocycles. The molecule has 0 N–H and O–H groups in total. The van der Waals surface area contributed by atoms with E-state index in [2.05, 4.69) is 0 Å². The molecule has 2 aliphatic heterocycles. The number of aryl methyl sites for hydroxylation is 2. The van der Waals surface area contributed by atoms with E-state index in [0.29, 0.717) is 0 Å². The van der Waals surface area contributed by atoms with Crippen molar-refractivity contribution in [3.05, 3.63) is 59.7 Å². The molecular weight excluding hydrogens is 472 g/mol. The molecule has 0 aromatic heterocycles. The fraction of sp³-hybridized carbons (Fsp3) is 0.455. The van der Waals surface area contributed by atoms with Crippen LogP contribution in [0.4, 0.5) is 0 Å². The molecule has 9 nitrogen and oxygen atoms in total. The Labute approximate surface area is 193 Å². The van der Waals surface area contributed by atoms with Crippen LogP contribution in [0.15, 0.2) is 58.3 Å². The third-order valence-corrected chi connectivity index (χ3v) is 7.95. The molecule has 2 aromatic carbocycles. The summed E-state index contributed by atoms with van der Waals surface area (Å²) in [6.07, 6.45) is -4.09. The topological polar surface area (TPSA) is 114 Å². The molecule has 0 aliphatic carbocycles. The normalized spacial score (nSPS) is 26.9. The third-order valence-electron chi connectivity index (χ3n) is 5.33. The van der Waals surface area contributed by atoms with E-state index in [0.717, 1.165) is 11.1 Å². The minimum Gasteiger partial charge on any atom is -0.341 e. The lowest BCUT2D eigenvalue weighted by molar-refractivity contribution is -0.215. The summed E-state index contributed by atoms with van der Waals surface area (Å²) in [5.41, 5.74) is 1.78. The summed E-state index contributed by atoms with van der Waals surface area (Å²) in [6, 6.07) is 12.3. The molecule has 4 atom stereocenters. The second kappa shape index (κ2) is 8.73. The second-order valence-corrected chi connectivity index (χ2v) is 11.7. The minimum atomic E-state index is -4.20. The van der Waals surface area contributed by atoms with E-state index >= 15 is 0 Å². The Hall–Kier alpha value is -1.86. The van der Waals surface area contributed by atoms with Gasteiger partial charge in [0.1, 0.15) is 18.3 Å². The lowest BCUT2D eigenvalue weighted by atomic mass is 10.1. The average Bonchev–Trinajstić information content (AvgIpc) is 3.19. The Morgan fingerprint density at radius 3 is 1.88 bits per heavy atom. The van der Waals surface area contributed by atoms with Gasteiger partial charge < -0.3 is 14.2 Å². The number of hydrogen-bond acceptors (Lipinski definition) is 9. The molecule has 33 heavy (non-hydrogen) atoms. The number of rotatable bonds is 7. The van der Waals surface area contributed by atoms with E-state index in [1.807, 2.05) is 13.8 Å². The Balaban J connectivity index is 1.55. The summed E-state index contributed by atoms with van der Waals surface area (Å²) in [7, 11) is -8.30. The quantitative estimate of drug-likeness (QED) is 0.531. The standard InChI is InChI=1S/C22H26O9S2/c1-14-5-9-16(10-6-14)32(23,24)27-13-18-19(20-21(28-18)30-22(3,4)29-20)31-33(25,26)17-11-7-15(2)8-12-17/h5-12,18-21H,13H2,1-4H3/t18-,19-,20+,21-/m0/s1. The fourth-order valence-corrected chi connectivity index (χ4v) is 5.66. The summed E-state index contributed by atoms with van der Waals surface area (Å²) in [5.74, 6) is -1.02. The van der Waals surface area contributed by atoms with Gasteiger partial charge in [0.05, 0.1) is 16.4 Å². The van der Waals surface area contributed by atoms with Crippen LogP contribution in [-0.4, -0.2) is 53.8 Å². The molecule has 4 rings (SSSR count). The van der Waals surface area contributed by atoms with E-state index in [1.165, 1.54) is 24.3 Å². The largest absolute Gasteiger partial charge is 0.341 e. The van der Waals surface area contributed by atoms with Gasteiger partial charge in [-0.15, -0.1) is 0 Å². The molecule has 2 aliphatic rings. The van der Waals surface area contributed by atoms with Crippen LogP contribution in [0.25, 0.3) is 0 Å². The number of benzene rings is 2. The maximum Gasteiger partial charge on any atom is 0.297 e. The van der Waals surface area contributed by atoms with Crippen LogP contribution in [0.1, 0.15) is 25.0 Å². The first-order valence-corrected chi connectivity index (χ1v) is 13.2. The average molecular weight is 499 g/mol. The van der Waals surface area contributed by atoms with Gasteiger partial charge in [-0.3, -0.25) is 8.37 Å². The van der Waals surface area contributed by atoms with Crippen molar-refractivity contribution in [3.8, 4) is 0 Å². The van der Waals surface area contributed by atoms with Gasteiger partial charge >= 0.3 is 0 Å². The van der Waals surface area contributed by atoms with Crippen LogP contribution in [-0.2, 0) is 42.8 Å². The van der Waals surface area contributed by atoms with Crippen molar-refractivity contribution in [3.63, 3.8) is 0 Å². The van der Waals surface area contributed by atoms with Crippen molar-refractivity contribution in [2.45, 2.75) is 67.9 Å². The highest BCUT2D eigenvalue weighted by atomic mass is 32.2. The molecule has 2 fully saturated rings. The highest BCUT2D eigenvalue weighted by molar-refractivity contribution is 7.87. The summed E-state index contributed by atoms with van der Waals surface area (Å²) < 4.78 is 78.9. The summed E-state index contributed by atoms with van der Waals surface area (Å²) in [4.78, 5) is -0.0636. The van der Waals surface area contributed by atoms with Gasteiger partial charge in [0.25, 0.3) is 20.2 Å². The highest BCUT2D eigenvalue weighted by Gasteiger charge is 2.57. The zero-order valence-electron chi connectivity index (χ0n) is 18.6. The first-order chi connectivity index (χ1) is 15.4. The maximum absolute atomic E-state index is 12.9. The van der Waals surface area contributed by atoms with Gasteiger partial charge in [-0.1, -0.05) is 35.4 Å². The van der Waals surface area contributed by atoms with E-state index in [-0.39, 0.29) is 9.79 Å². The Kier molecular flexibility index (Phi) is 6.42. The van der Waals surface area contributed by atoms with Crippen LogP contribution in [0.2, 0.25) is 0 Å². The highest BCUT2D eigenvalue weighted by Crippen LogP contribution is 2.40. The number of hydrogen-bond donors (Lipinski definition) is 0. The predicted octanol–water partition coefficient (Wildman–Crippen LogP) is 2.66. The summed E-state index contributed by atoms with van der Waals surface area (Å²) in [5, 5.41) is 0. The Morgan fingerprint density at radius 1 is 0.818 bits per heavy atom. The first-order valence-electron chi connectivity index (χ1n) is 10.3. The molecule has 0 unspecified atom stereocenters. The van der Waals surface area contributed by atoms with E-state index in [4.69, 9.17) is 22.6 Å². The molecule has 0 spiro atoms. The summed E-state index contributed by atoms with van der Waals surface area (Å²) >= 11 is 0. The van der Waals surface area contributed by atoms with E-state index in [9.17, 15) is 16.8 Å². The molecule has 0 amide bonds. The monoisotopic (exact) mass is 498 g/mol. The van der Waals surface area contributed by atoms with E-state index < -0.39 is 57.2 Å². The van der Waals surface area contributed by atoms with Gasteiger partial charge in [0.2, 0.25) is 0 Å². The second-order valence-electron chi connectivity index (χ2n) is 8.52. The van der Waals surface area contributed by atoms with Crippen LogP contribution < -0.4 is 0 Å². The maximum atomic E-state index is 12.9. The van der Waals surface area contributed by atoms with Crippen LogP contribution in [0, 0.1) is 13.8 Å². The molecule has 0 radical (unpaired) electrons. The zero-order valence-corrected chi connectivity index (χ0v) is 20.3. The van der Waals surface area contributed by atoms with Crippen molar-refractivity contribution >= 4 is 20.2 Å². The van der Waals surface area contributed by atoms with Crippen molar-refractivity contribution in [1.29, 1.82) is 0 Å². The van der Waals surface area contributed by atoms with Crippen molar-refractivity contribution in [1.82, 2.24) is 0 Å². The van der Waals surface area contributed by atoms with Crippen molar-refractivity contribution in [2.75, 3.05) is 6.61 Å². The smallest absolute Gasteiger partial charge is 0.297 e. The number of ether oxygens (including phenoxy) is 3. The molecule has 0 bridgehead atoms. The molecule has 2 heterocycles. The fourth-order valence-electron chi connectivity index (χ4n) is 3.63. The predicted molar refractivity (Wildman–Crippen MR) is 116 cm³/mol. The van der Waals surface area contributed by atoms with Crippen LogP contribution in [0.5, 0.6) is 0 Å². The van der Waals surface area contributed by atoms with Gasteiger partial charge in [-0.25, -0.2) is 0 Å². The Morgan fingerprint density at radius 2 is 1.33 bits per heavy atom. The zero-order chi connectivity index (χ0) is 24.0. The summed E-state index contributed by atoms with van der Waals surface area (Å²) in [6.45, 7) is 6.51. The lowest BCUT2D eigenvalue weighted by Crippen LogP contribution is -2.40. The molecule has 2 aromatic rings. The lowest BCUT2D eigenvalue weighted by Gasteiger charge is -2.25. The van der Waals surface area contributed by atoms with Gasteiger partial charge in [-0.2, -0.15) is 16.8 Å². The van der Waals surface area contributed by atoms with Crippen LogP contribution in [0.3, 0.4) is 0 Å². The van der Waals surface area contributed by atoms with Crippen molar-refractivity contribution in [2.24, 2.45) is 0 Å². The number of fused-ring (bicyclic) bond motifs is 1. The SMILES string of the molecule is Cc1ccc(S(=O)(=O)OC[C@@H]2O[C@H]3OC(C)(C)O[C@@H]3[C@H]2OS(=O)(=O)c2ccc(C)cc2)cc1. The Bertz CT molecular complexity index is 1200. The first kappa shape index (κ1) is 24.3. The molecule has 180 valence electrons. The molecular formula is C22H26O9S2. The van der Waals surface area contributed by atoms with Gasteiger partial charge in [0, 0.05) is 0 Å². The van der Waals surface area contributed by atoms with Crippen molar-refractivity contribution < 1.29 is 39.4 Å². The molecule has 11 heteroatoms.